The van der Waals surface area contributed by atoms with E-state index in [1.807, 2.05) is 54.3 Å². The predicted octanol–water partition coefficient (Wildman–Crippen LogP) is 3.93. The molecule has 0 spiro atoms. The maximum atomic E-state index is 12.7. The monoisotopic (exact) mass is 327 g/mol. The first-order chi connectivity index (χ1) is 11.6. The molecule has 2 aromatic carbocycles. The molecule has 0 heterocycles. The quantitative estimate of drug-likeness (QED) is 0.773. The lowest BCUT2D eigenvalue weighted by atomic mass is 10.1. The number of benzene rings is 2. The summed E-state index contributed by atoms with van der Waals surface area (Å²) >= 11 is 0. The van der Waals surface area contributed by atoms with Gasteiger partial charge in [-0.25, -0.2) is 0 Å². The standard InChI is InChI=1S/C20H25NO3/c1-5-15-7-10-17(11-8-15)20(22)21(6-2)14-16-9-12-18(23-3)19(13-16)24-4/h7-13H,5-6,14H2,1-4H3. The summed E-state index contributed by atoms with van der Waals surface area (Å²) in [6.07, 6.45) is 0.970. The SMILES string of the molecule is CCc1ccc(C(=O)N(CC)Cc2ccc(OC)c(OC)c2)cc1. The highest BCUT2D eigenvalue weighted by molar-refractivity contribution is 5.94. The number of hydrogen-bond acceptors (Lipinski definition) is 3. The van der Waals surface area contributed by atoms with Crippen molar-refractivity contribution in [3.05, 3.63) is 59.2 Å². The van der Waals surface area contributed by atoms with Crippen LogP contribution in [0.5, 0.6) is 11.5 Å². The molecule has 1 amide bonds. The third-order valence-corrected chi connectivity index (χ3v) is 4.10. The fourth-order valence-electron chi connectivity index (χ4n) is 2.59. The fourth-order valence-corrected chi connectivity index (χ4v) is 2.59. The van der Waals surface area contributed by atoms with Crippen molar-refractivity contribution >= 4 is 5.91 Å². The van der Waals surface area contributed by atoms with Gasteiger partial charge in [-0.2, -0.15) is 0 Å². The fraction of sp³-hybridized carbons (Fsp3) is 0.350. The molecule has 0 aromatic heterocycles. The van der Waals surface area contributed by atoms with E-state index in [2.05, 4.69) is 6.92 Å². The van der Waals surface area contributed by atoms with Gasteiger partial charge >= 0.3 is 0 Å². The topological polar surface area (TPSA) is 38.8 Å². The molecule has 0 N–H and O–H groups in total. The largest absolute Gasteiger partial charge is 0.493 e. The molecule has 0 fully saturated rings. The Hall–Kier alpha value is -2.49. The molecular formula is C20H25NO3. The van der Waals surface area contributed by atoms with Crippen LogP contribution in [0, 0.1) is 0 Å². The normalized spacial score (nSPS) is 10.3. The second kappa shape index (κ2) is 8.39. The van der Waals surface area contributed by atoms with Gasteiger partial charge in [0.15, 0.2) is 11.5 Å². The average molecular weight is 327 g/mol. The van der Waals surface area contributed by atoms with Crippen molar-refractivity contribution in [2.24, 2.45) is 0 Å². The first kappa shape index (κ1) is 17.9. The van der Waals surface area contributed by atoms with Crippen LogP contribution in [0.4, 0.5) is 0 Å². The highest BCUT2D eigenvalue weighted by Crippen LogP contribution is 2.28. The lowest BCUT2D eigenvalue weighted by Crippen LogP contribution is -2.30. The van der Waals surface area contributed by atoms with E-state index in [4.69, 9.17) is 9.47 Å². The number of hydrogen-bond donors (Lipinski definition) is 0. The number of amides is 1. The number of aryl methyl sites for hydroxylation is 1. The Balaban J connectivity index is 2.17. The molecule has 0 saturated carbocycles. The van der Waals surface area contributed by atoms with Crippen molar-refractivity contribution in [1.29, 1.82) is 0 Å². The van der Waals surface area contributed by atoms with Gasteiger partial charge in [-0.15, -0.1) is 0 Å². The van der Waals surface area contributed by atoms with Gasteiger partial charge in [-0.05, 0) is 48.7 Å². The molecule has 0 aliphatic rings. The first-order valence-corrected chi connectivity index (χ1v) is 8.22. The van der Waals surface area contributed by atoms with Crippen LogP contribution in [0.25, 0.3) is 0 Å². The minimum Gasteiger partial charge on any atom is -0.493 e. The number of rotatable bonds is 7. The van der Waals surface area contributed by atoms with E-state index < -0.39 is 0 Å². The van der Waals surface area contributed by atoms with Crippen LogP contribution < -0.4 is 9.47 Å². The Bertz CT molecular complexity index is 680. The van der Waals surface area contributed by atoms with Gasteiger partial charge in [-0.1, -0.05) is 25.1 Å². The van der Waals surface area contributed by atoms with Gasteiger partial charge in [-0.3, -0.25) is 4.79 Å². The second-order valence-electron chi connectivity index (χ2n) is 5.56. The summed E-state index contributed by atoms with van der Waals surface area (Å²) in [6, 6.07) is 13.6. The van der Waals surface area contributed by atoms with E-state index in [1.165, 1.54) is 5.56 Å². The molecule has 4 nitrogen and oxygen atoms in total. The Morgan fingerprint density at radius 2 is 1.54 bits per heavy atom. The van der Waals surface area contributed by atoms with Crippen molar-refractivity contribution in [3.8, 4) is 11.5 Å². The molecule has 0 unspecified atom stereocenters. The molecule has 0 bridgehead atoms. The first-order valence-electron chi connectivity index (χ1n) is 8.22. The molecule has 24 heavy (non-hydrogen) atoms. The van der Waals surface area contributed by atoms with E-state index in [1.54, 1.807) is 14.2 Å². The van der Waals surface area contributed by atoms with Crippen molar-refractivity contribution in [2.75, 3.05) is 20.8 Å². The Morgan fingerprint density at radius 3 is 2.08 bits per heavy atom. The van der Waals surface area contributed by atoms with Gasteiger partial charge in [0.2, 0.25) is 0 Å². The third kappa shape index (κ3) is 4.07. The van der Waals surface area contributed by atoms with Gasteiger partial charge in [0.1, 0.15) is 0 Å². The summed E-state index contributed by atoms with van der Waals surface area (Å²) < 4.78 is 10.6. The zero-order chi connectivity index (χ0) is 17.5. The van der Waals surface area contributed by atoms with Gasteiger partial charge in [0.25, 0.3) is 5.91 Å². The summed E-state index contributed by atoms with van der Waals surface area (Å²) in [4.78, 5) is 14.5. The van der Waals surface area contributed by atoms with Gasteiger partial charge in [0, 0.05) is 18.7 Å². The Labute approximate surface area is 144 Å². The maximum absolute atomic E-state index is 12.7. The molecule has 0 radical (unpaired) electrons. The lowest BCUT2D eigenvalue weighted by molar-refractivity contribution is 0.0752. The van der Waals surface area contributed by atoms with E-state index in [0.29, 0.717) is 24.6 Å². The van der Waals surface area contributed by atoms with Crippen molar-refractivity contribution in [3.63, 3.8) is 0 Å². The maximum Gasteiger partial charge on any atom is 0.254 e. The van der Waals surface area contributed by atoms with E-state index >= 15 is 0 Å². The molecule has 0 aliphatic heterocycles. The van der Waals surface area contributed by atoms with Crippen LogP contribution in [-0.2, 0) is 13.0 Å². The Morgan fingerprint density at radius 1 is 0.917 bits per heavy atom. The van der Waals surface area contributed by atoms with E-state index in [0.717, 1.165) is 17.5 Å². The highest BCUT2D eigenvalue weighted by Gasteiger charge is 2.15. The third-order valence-electron chi connectivity index (χ3n) is 4.10. The van der Waals surface area contributed by atoms with Crippen LogP contribution in [0.1, 0.15) is 35.3 Å². The number of ether oxygens (including phenoxy) is 2. The summed E-state index contributed by atoms with van der Waals surface area (Å²) in [5.41, 5.74) is 2.96. The zero-order valence-electron chi connectivity index (χ0n) is 14.8. The number of nitrogens with zero attached hydrogens (tertiary/aromatic N) is 1. The molecule has 0 saturated heterocycles. The predicted molar refractivity (Wildman–Crippen MR) is 95.8 cm³/mol. The van der Waals surface area contributed by atoms with Gasteiger partial charge < -0.3 is 14.4 Å². The van der Waals surface area contributed by atoms with Crippen LogP contribution in [0.3, 0.4) is 0 Å². The smallest absolute Gasteiger partial charge is 0.254 e. The highest BCUT2D eigenvalue weighted by atomic mass is 16.5. The van der Waals surface area contributed by atoms with E-state index in [-0.39, 0.29) is 5.91 Å². The molecular weight excluding hydrogens is 302 g/mol. The van der Waals surface area contributed by atoms with Crippen LogP contribution in [0.2, 0.25) is 0 Å². The summed E-state index contributed by atoms with van der Waals surface area (Å²) in [5, 5.41) is 0. The number of carbonyl (C=O) groups excluding carboxylic acids is 1. The average Bonchev–Trinajstić information content (AvgIpc) is 2.65. The van der Waals surface area contributed by atoms with Crippen LogP contribution in [-0.4, -0.2) is 31.6 Å². The minimum absolute atomic E-state index is 0.0370. The van der Waals surface area contributed by atoms with Gasteiger partial charge in [0.05, 0.1) is 14.2 Å². The zero-order valence-corrected chi connectivity index (χ0v) is 14.8. The number of carbonyl (C=O) groups is 1. The molecule has 0 aliphatic carbocycles. The Kier molecular flexibility index (Phi) is 6.24. The molecule has 128 valence electrons. The van der Waals surface area contributed by atoms with Crippen molar-refractivity contribution in [2.45, 2.75) is 26.8 Å². The van der Waals surface area contributed by atoms with Crippen molar-refractivity contribution < 1.29 is 14.3 Å². The van der Waals surface area contributed by atoms with Crippen LogP contribution >= 0.6 is 0 Å². The summed E-state index contributed by atoms with van der Waals surface area (Å²) in [5.74, 6) is 1.39. The molecule has 2 rings (SSSR count). The molecule has 4 heteroatoms. The van der Waals surface area contributed by atoms with Crippen LogP contribution in [0.15, 0.2) is 42.5 Å². The minimum atomic E-state index is 0.0370. The second-order valence-corrected chi connectivity index (χ2v) is 5.56. The summed E-state index contributed by atoms with van der Waals surface area (Å²) in [7, 11) is 3.22. The summed E-state index contributed by atoms with van der Waals surface area (Å²) in [6.45, 7) is 5.26. The molecule has 2 aromatic rings. The lowest BCUT2D eigenvalue weighted by Gasteiger charge is -2.22. The van der Waals surface area contributed by atoms with E-state index in [9.17, 15) is 4.79 Å². The van der Waals surface area contributed by atoms with Crippen molar-refractivity contribution in [1.82, 2.24) is 4.90 Å². The number of methoxy groups -OCH3 is 2. The molecule has 0 atom stereocenters.